The highest BCUT2D eigenvalue weighted by Crippen LogP contribution is 2.46. The average molecular weight is 411 g/mol. The normalized spacial score (nSPS) is 31.3. The second-order valence-corrected chi connectivity index (χ2v) is 10.1. The molecule has 1 aromatic rings. The number of quaternary nitrogens is 1. The predicted molar refractivity (Wildman–Crippen MR) is 123 cm³/mol. The molecular formula is C27H40NO2+. The first kappa shape index (κ1) is 21.6. The van der Waals surface area contributed by atoms with E-state index in [1.54, 1.807) is 0 Å². The molecule has 2 aliphatic heterocycles. The van der Waals surface area contributed by atoms with Crippen LogP contribution >= 0.6 is 0 Å². The van der Waals surface area contributed by atoms with Crippen molar-refractivity contribution in [3.63, 3.8) is 0 Å². The molecule has 2 unspecified atom stereocenters. The van der Waals surface area contributed by atoms with Crippen LogP contribution in [0.25, 0.3) is 5.57 Å². The Hall–Kier alpha value is -1.61. The maximum Gasteiger partial charge on any atom is 0.310 e. The van der Waals surface area contributed by atoms with Gasteiger partial charge in [0.15, 0.2) is 0 Å². The molecule has 2 saturated heterocycles. The topological polar surface area (TPSA) is 26.3 Å². The van der Waals surface area contributed by atoms with Gasteiger partial charge in [0.2, 0.25) is 0 Å². The van der Waals surface area contributed by atoms with E-state index in [1.807, 2.05) is 0 Å². The van der Waals surface area contributed by atoms with Crippen LogP contribution in [0.5, 0.6) is 0 Å². The van der Waals surface area contributed by atoms with E-state index in [-0.39, 0.29) is 12.1 Å². The Balaban J connectivity index is 1.42. The Kier molecular flexibility index (Phi) is 6.67. The Morgan fingerprint density at radius 3 is 2.37 bits per heavy atom. The number of benzene rings is 1. The third-order valence-corrected chi connectivity index (χ3v) is 8.20. The highest BCUT2D eigenvalue weighted by Gasteiger charge is 2.55. The molecule has 0 N–H and O–H groups in total. The molecule has 1 aromatic carbocycles. The highest BCUT2D eigenvalue weighted by atomic mass is 16.5. The number of allylic oxidation sites excluding steroid dienone is 1. The molecule has 4 rings (SSSR count). The zero-order valence-electron chi connectivity index (χ0n) is 19.2. The van der Waals surface area contributed by atoms with Crippen LogP contribution in [0.2, 0.25) is 0 Å². The summed E-state index contributed by atoms with van der Waals surface area (Å²) >= 11 is 0. The van der Waals surface area contributed by atoms with Crippen LogP contribution in [0.1, 0.15) is 90.5 Å². The average Bonchev–Trinajstić information content (AvgIpc) is 2.93. The molecule has 2 heterocycles. The molecule has 164 valence electrons. The van der Waals surface area contributed by atoms with Crippen LogP contribution in [0.4, 0.5) is 0 Å². The number of carbonyl (C=O) groups excluding carboxylic acids is 1. The lowest BCUT2D eigenvalue weighted by atomic mass is 9.86. The summed E-state index contributed by atoms with van der Waals surface area (Å²) in [5.41, 5.74) is 3.99. The van der Waals surface area contributed by atoms with Gasteiger partial charge in [0.25, 0.3) is 0 Å². The molecule has 0 spiro atoms. The van der Waals surface area contributed by atoms with E-state index in [0.717, 1.165) is 25.7 Å². The van der Waals surface area contributed by atoms with Crippen molar-refractivity contribution in [1.82, 2.24) is 0 Å². The molecule has 1 aliphatic carbocycles. The number of fused-ring (bicyclic) bond motifs is 2. The molecule has 2 bridgehead atoms. The second-order valence-electron chi connectivity index (χ2n) is 10.1. The number of esters is 1. The summed E-state index contributed by atoms with van der Waals surface area (Å²) in [6, 6.07) is 12.6. The Labute approximate surface area is 183 Å². The molecule has 0 saturated carbocycles. The van der Waals surface area contributed by atoms with Gasteiger partial charge >= 0.3 is 5.97 Å². The van der Waals surface area contributed by atoms with Gasteiger partial charge in [-0.3, -0.25) is 4.79 Å². The molecule has 0 aromatic heterocycles. The first-order valence-corrected chi connectivity index (χ1v) is 12.4. The van der Waals surface area contributed by atoms with Crippen LogP contribution in [-0.2, 0) is 9.53 Å². The van der Waals surface area contributed by atoms with Gasteiger partial charge in [0, 0.05) is 25.7 Å². The first-order valence-electron chi connectivity index (χ1n) is 12.4. The van der Waals surface area contributed by atoms with E-state index in [0.29, 0.717) is 24.5 Å². The van der Waals surface area contributed by atoms with Crippen LogP contribution in [0.15, 0.2) is 35.9 Å². The van der Waals surface area contributed by atoms with Crippen molar-refractivity contribution in [1.29, 1.82) is 0 Å². The van der Waals surface area contributed by atoms with Gasteiger partial charge in [0.05, 0.1) is 31.1 Å². The van der Waals surface area contributed by atoms with Crippen LogP contribution in [-0.4, -0.2) is 41.2 Å². The summed E-state index contributed by atoms with van der Waals surface area (Å²) in [6.07, 6.45) is 11.1. The van der Waals surface area contributed by atoms with Gasteiger partial charge in [-0.05, 0) is 57.1 Å². The fourth-order valence-electron chi connectivity index (χ4n) is 7.00. The highest BCUT2D eigenvalue weighted by molar-refractivity contribution is 5.79. The molecule has 3 aliphatic rings. The minimum absolute atomic E-state index is 0.00442. The maximum atomic E-state index is 12.9. The Bertz CT molecular complexity index is 752. The molecule has 3 nitrogen and oxygen atoms in total. The lowest BCUT2D eigenvalue weighted by Gasteiger charge is -2.52. The van der Waals surface area contributed by atoms with Crippen molar-refractivity contribution in [2.45, 2.75) is 109 Å². The van der Waals surface area contributed by atoms with Crippen molar-refractivity contribution in [3.8, 4) is 0 Å². The number of nitrogens with zero attached hydrogens (tertiary/aromatic N) is 1. The van der Waals surface area contributed by atoms with Crippen molar-refractivity contribution in [2.24, 2.45) is 0 Å². The van der Waals surface area contributed by atoms with Crippen molar-refractivity contribution < 1.29 is 14.0 Å². The fraction of sp³-hybridized carbons (Fsp3) is 0.667. The van der Waals surface area contributed by atoms with Crippen LogP contribution < -0.4 is 0 Å². The van der Waals surface area contributed by atoms with Crippen LogP contribution in [0.3, 0.4) is 0 Å². The smallest absolute Gasteiger partial charge is 0.310 e. The van der Waals surface area contributed by atoms with Crippen molar-refractivity contribution >= 4 is 11.5 Å². The number of hydrogen-bond donors (Lipinski definition) is 0. The van der Waals surface area contributed by atoms with E-state index in [2.05, 4.69) is 51.1 Å². The summed E-state index contributed by atoms with van der Waals surface area (Å²) in [7, 11) is 0. The molecular weight excluding hydrogens is 370 g/mol. The SMILES string of the molecule is CCC[N+]1(C(C)C)C2CCC1CC(OC(=O)CC1=C(c3ccccc3)CCCC1)C2. The van der Waals surface area contributed by atoms with Gasteiger partial charge in [0.1, 0.15) is 6.10 Å². The van der Waals surface area contributed by atoms with Gasteiger partial charge in [-0.25, -0.2) is 0 Å². The van der Waals surface area contributed by atoms with Gasteiger partial charge in [-0.15, -0.1) is 0 Å². The third kappa shape index (κ3) is 4.10. The largest absolute Gasteiger partial charge is 0.462 e. The second kappa shape index (κ2) is 9.26. The third-order valence-electron chi connectivity index (χ3n) is 8.20. The lowest BCUT2D eigenvalue weighted by Crippen LogP contribution is -2.65. The van der Waals surface area contributed by atoms with Crippen molar-refractivity contribution in [2.75, 3.05) is 6.54 Å². The fourth-order valence-corrected chi connectivity index (χ4v) is 7.00. The summed E-state index contributed by atoms with van der Waals surface area (Å²) in [5, 5.41) is 0. The molecule has 30 heavy (non-hydrogen) atoms. The van der Waals surface area contributed by atoms with E-state index in [9.17, 15) is 4.79 Å². The minimum atomic E-state index is 0.00442. The first-order chi connectivity index (χ1) is 14.5. The van der Waals surface area contributed by atoms with E-state index >= 15 is 0 Å². The zero-order valence-corrected chi connectivity index (χ0v) is 19.2. The summed E-state index contributed by atoms with van der Waals surface area (Å²) in [4.78, 5) is 12.9. The number of hydrogen-bond acceptors (Lipinski definition) is 2. The molecule has 2 fully saturated rings. The van der Waals surface area contributed by atoms with Crippen molar-refractivity contribution in [3.05, 3.63) is 41.5 Å². The molecule has 0 amide bonds. The van der Waals surface area contributed by atoms with Gasteiger partial charge in [-0.1, -0.05) is 42.8 Å². The molecule has 2 atom stereocenters. The van der Waals surface area contributed by atoms with Crippen LogP contribution in [0, 0.1) is 0 Å². The number of carbonyl (C=O) groups is 1. The van der Waals surface area contributed by atoms with E-state index in [1.165, 1.54) is 59.8 Å². The van der Waals surface area contributed by atoms with E-state index in [4.69, 9.17) is 4.74 Å². The van der Waals surface area contributed by atoms with Gasteiger partial charge < -0.3 is 9.22 Å². The number of rotatable bonds is 7. The summed E-state index contributed by atoms with van der Waals surface area (Å²) < 4.78 is 7.40. The minimum Gasteiger partial charge on any atom is -0.462 e. The quantitative estimate of drug-likeness (QED) is 0.391. The maximum absolute atomic E-state index is 12.9. The monoisotopic (exact) mass is 410 g/mol. The summed E-state index contributed by atoms with van der Waals surface area (Å²) in [5.74, 6) is 0.00442. The van der Waals surface area contributed by atoms with E-state index < -0.39 is 0 Å². The van der Waals surface area contributed by atoms with Gasteiger partial charge in [-0.2, -0.15) is 0 Å². The number of piperidine rings is 1. The Morgan fingerprint density at radius 1 is 1.07 bits per heavy atom. The Morgan fingerprint density at radius 2 is 1.73 bits per heavy atom. The zero-order chi connectivity index (χ0) is 21.1. The summed E-state index contributed by atoms with van der Waals surface area (Å²) in [6.45, 7) is 8.39. The molecule has 0 radical (unpaired) electrons. The predicted octanol–water partition coefficient (Wildman–Crippen LogP) is 6.28. The lowest BCUT2D eigenvalue weighted by molar-refractivity contribution is -0.985. The standard InChI is InChI=1S/C27H40NO2/c1-4-16-28(20(2)3)23-14-15-24(28)19-25(18-23)30-27(29)17-22-12-8-9-13-26(22)21-10-6-5-7-11-21/h5-7,10-11,20,23-25H,4,8-9,12-19H2,1-3H3/q+1. The molecule has 3 heteroatoms. The number of ether oxygens (including phenoxy) is 1.